The van der Waals surface area contributed by atoms with E-state index in [-0.39, 0.29) is 0 Å². The Morgan fingerprint density at radius 2 is 1.69 bits per heavy atom. The van der Waals surface area contributed by atoms with Crippen molar-refractivity contribution in [3.8, 4) is 22.8 Å². The zero-order valence-electron chi connectivity index (χ0n) is 21.5. The third-order valence-electron chi connectivity index (χ3n) is 8.41. The van der Waals surface area contributed by atoms with Crippen LogP contribution in [0.15, 0.2) is 60.8 Å². The first-order chi connectivity index (χ1) is 17.5. The number of benzene rings is 4. The van der Waals surface area contributed by atoms with E-state index >= 15 is 0 Å². The molecule has 0 saturated heterocycles. The second-order valence-electron chi connectivity index (χ2n) is 11.5. The molecule has 1 aromatic heterocycles. The van der Waals surface area contributed by atoms with Gasteiger partial charge in [0.05, 0.1) is 11.1 Å². The molecular formula is C34H33NO. The van der Waals surface area contributed by atoms with Gasteiger partial charge >= 0.3 is 0 Å². The Balaban J connectivity index is 1.42. The van der Waals surface area contributed by atoms with Crippen LogP contribution in [0.3, 0.4) is 0 Å². The summed E-state index contributed by atoms with van der Waals surface area (Å²) in [4.78, 5) is 4.93. The molecule has 0 N–H and O–H groups in total. The summed E-state index contributed by atoms with van der Waals surface area (Å²) in [6, 6.07) is 20.6. The molecule has 2 aliphatic rings. The molecule has 1 fully saturated rings. The molecular weight excluding hydrogens is 438 g/mol. The second kappa shape index (κ2) is 8.34. The first-order valence-corrected chi connectivity index (χ1v) is 13.6. The van der Waals surface area contributed by atoms with Crippen molar-refractivity contribution >= 4 is 32.3 Å². The van der Waals surface area contributed by atoms with Gasteiger partial charge in [-0.05, 0) is 87.9 Å². The highest BCUT2D eigenvalue weighted by atomic mass is 16.5. The predicted octanol–water partition coefficient (Wildman–Crippen LogP) is 9.55. The summed E-state index contributed by atoms with van der Waals surface area (Å²) in [5.74, 6) is 3.36. The Hall–Kier alpha value is -3.39. The highest BCUT2D eigenvalue weighted by Gasteiger charge is 2.25. The average molecular weight is 472 g/mol. The van der Waals surface area contributed by atoms with Crippen LogP contribution in [0.5, 0.6) is 11.5 Å². The Morgan fingerprint density at radius 3 is 2.53 bits per heavy atom. The van der Waals surface area contributed by atoms with Crippen LogP contribution in [-0.4, -0.2) is 4.98 Å². The van der Waals surface area contributed by atoms with Gasteiger partial charge in [-0.25, -0.2) is 0 Å². The van der Waals surface area contributed by atoms with Gasteiger partial charge in [0.2, 0.25) is 0 Å². The molecule has 0 radical (unpaired) electrons. The van der Waals surface area contributed by atoms with Crippen LogP contribution in [0.4, 0.5) is 0 Å². The minimum Gasteiger partial charge on any atom is -0.456 e. The van der Waals surface area contributed by atoms with E-state index in [4.69, 9.17) is 9.72 Å². The molecule has 5 aromatic rings. The maximum Gasteiger partial charge on any atom is 0.140 e. The molecule has 0 bridgehead atoms. The molecule has 2 heterocycles. The van der Waals surface area contributed by atoms with Crippen LogP contribution in [0.25, 0.3) is 43.6 Å². The zero-order chi connectivity index (χ0) is 24.4. The number of aromatic nitrogens is 1. The van der Waals surface area contributed by atoms with E-state index in [0.717, 1.165) is 40.5 Å². The van der Waals surface area contributed by atoms with Crippen LogP contribution < -0.4 is 4.74 Å². The Morgan fingerprint density at radius 1 is 0.861 bits per heavy atom. The van der Waals surface area contributed by atoms with E-state index < -0.39 is 0 Å². The summed E-state index contributed by atoms with van der Waals surface area (Å²) < 4.78 is 6.69. The third-order valence-corrected chi connectivity index (χ3v) is 8.41. The van der Waals surface area contributed by atoms with Crippen LogP contribution in [0.1, 0.15) is 56.2 Å². The predicted molar refractivity (Wildman–Crippen MR) is 151 cm³/mol. The number of rotatable bonds is 4. The van der Waals surface area contributed by atoms with Crippen molar-refractivity contribution in [2.45, 2.75) is 59.3 Å². The number of aryl methyl sites for hydroxylation is 1. The second-order valence-corrected chi connectivity index (χ2v) is 11.5. The van der Waals surface area contributed by atoms with Gasteiger partial charge in [-0.3, -0.25) is 4.98 Å². The molecule has 7 rings (SSSR count). The van der Waals surface area contributed by atoms with Gasteiger partial charge < -0.3 is 4.74 Å². The molecule has 1 saturated carbocycles. The molecule has 0 atom stereocenters. The molecule has 4 aromatic carbocycles. The number of hydrogen-bond donors (Lipinski definition) is 0. The van der Waals surface area contributed by atoms with E-state index in [9.17, 15) is 0 Å². The van der Waals surface area contributed by atoms with Gasteiger partial charge in [-0.1, -0.05) is 75.9 Å². The lowest BCUT2D eigenvalue weighted by atomic mass is 9.90. The van der Waals surface area contributed by atoms with E-state index in [1.54, 1.807) is 0 Å². The molecule has 0 amide bonds. The largest absolute Gasteiger partial charge is 0.456 e. The molecule has 0 unspecified atom stereocenters. The van der Waals surface area contributed by atoms with Crippen molar-refractivity contribution in [1.82, 2.24) is 4.98 Å². The minimum absolute atomic E-state index is 0.638. The number of hydrogen-bond acceptors (Lipinski definition) is 2. The van der Waals surface area contributed by atoms with Crippen molar-refractivity contribution in [2.24, 2.45) is 11.8 Å². The van der Waals surface area contributed by atoms with Crippen LogP contribution in [-0.2, 0) is 12.8 Å². The first kappa shape index (κ1) is 21.9. The van der Waals surface area contributed by atoms with Gasteiger partial charge in [-0.15, -0.1) is 0 Å². The van der Waals surface area contributed by atoms with Crippen LogP contribution in [0.2, 0.25) is 0 Å². The molecule has 0 spiro atoms. The highest BCUT2D eigenvalue weighted by Crippen LogP contribution is 2.50. The SMILES string of the molecule is Cc1c2c(cc3cc(CC(C)C)ccc13)-c1nccc3c1c(cc1ccc(CC4CCCC4)cc13)O2. The van der Waals surface area contributed by atoms with E-state index in [1.165, 1.54) is 75.7 Å². The van der Waals surface area contributed by atoms with Crippen molar-refractivity contribution in [3.05, 3.63) is 77.5 Å². The molecule has 2 nitrogen and oxygen atoms in total. The fourth-order valence-corrected chi connectivity index (χ4v) is 6.71. The van der Waals surface area contributed by atoms with Crippen molar-refractivity contribution < 1.29 is 4.74 Å². The Kier molecular flexibility index (Phi) is 5.06. The van der Waals surface area contributed by atoms with Gasteiger partial charge in [0.25, 0.3) is 0 Å². The maximum absolute atomic E-state index is 6.69. The lowest BCUT2D eigenvalue weighted by Gasteiger charge is -2.24. The fraction of sp³-hybridized carbons (Fsp3) is 0.324. The average Bonchev–Trinajstić information content (AvgIpc) is 3.38. The first-order valence-electron chi connectivity index (χ1n) is 13.6. The van der Waals surface area contributed by atoms with Gasteiger partial charge in [0, 0.05) is 17.3 Å². The number of ether oxygens (including phenoxy) is 1. The lowest BCUT2D eigenvalue weighted by Crippen LogP contribution is -2.03. The highest BCUT2D eigenvalue weighted by molar-refractivity contribution is 6.16. The topological polar surface area (TPSA) is 22.1 Å². The van der Waals surface area contributed by atoms with Gasteiger partial charge in [0.15, 0.2) is 0 Å². The van der Waals surface area contributed by atoms with E-state index in [0.29, 0.717) is 5.92 Å². The van der Waals surface area contributed by atoms with Gasteiger partial charge in [-0.2, -0.15) is 0 Å². The van der Waals surface area contributed by atoms with Crippen molar-refractivity contribution in [3.63, 3.8) is 0 Å². The normalized spacial score (nSPS) is 15.2. The molecule has 180 valence electrons. The zero-order valence-corrected chi connectivity index (χ0v) is 21.5. The Bertz CT molecular complexity index is 1660. The maximum atomic E-state index is 6.69. The van der Waals surface area contributed by atoms with Crippen LogP contribution in [0, 0.1) is 18.8 Å². The number of pyridine rings is 1. The summed E-state index contributed by atoms with van der Waals surface area (Å²) in [5, 5.41) is 7.48. The summed E-state index contributed by atoms with van der Waals surface area (Å²) in [5.41, 5.74) is 6.20. The quantitative estimate of drug-likeness (QED) is 0.239. The summed E-state index contributed by atoms with van der Waals surface area (Å²) in [6.07, 6.45) is 9.81. The smallest absolute Gasteiger partial charge is 0.140 e. The number of fused-ring (bicyclic) bond motifs is 5. The van der Waals surface area contributed by atoms with E-state index in [2.05, 4.69) is 75.4 Å². The third kappa shape index (κ3) is 3.50. The summed E-state index contributed by atoms with van der Waals surface area (Å²) in [6.45, 7) is 6.74. The summed E-state index contributed by atoms with van der Waals surface area (Å²) >= 11 is 0. The summed E-state index contributed by atoms with van der Waals surface area (Å²) in [7, 11) is 0. The number of nitrogens with zero attached hydrogens (tertiary/aromatic N) is 1. The van der Waals surface area contributed by atoms with Crippen LogP contribution >= 0.6 is 0 Å². The van der Waals surface area contributed by atoms with Crippen molar-refractivity contribution in [2.75, 3.05) is 0 Å². The molecule has 2 heteroatoms. The molecule has 1 aliphatic carbocycles. The van der Waals surface area contributed by atoms with E-state index in [1.807, 2.05) is 6.20 Å². The lowest BCUT2D eigenvalue weighted by molar-refractivity contribution is 0.484. The van der Waals surface area contributed by atoms with Crippen molar-refractivity contribution in [1.29, 1.82) is 0 Å². The standard InChI is InChI=1S/C34H33NO/c1-20(2)14-23-9-11-27-21(3)34-30(18-26(27)16-23)33-32-28(12-13-35-33)29-17-24(15-22-6-4-5-7-22)8-10-25(29)19-31(32)36-34/h8-13,16-20,22H,4-7,14-15H2,1-3H3. The monoisotopic (exact) mass is 471 g/mol. The molecule has 36 heavy (non-hydrogen) atoms. The fourth-order valence-electron chi connectivity index (χ4n) is 6.71. The minimum atomic E-state index is 0.638. The molecule has 1 aliphatic heterocycles. The van der Waals surface area contributed by atoms with Gasteiger partial charge in [0.1, 0.15) is 11.5 Å². The Labute approximate surface area is 213 Å².